The van der Waals surface area contributed by atoms with Crippen LogP contribution in [0.2, 0.25) is 0 Å². The fraction of sp³-hybridized carbons (Fsp3) is 0.500. The predicted molar refractivity (Wildman–Crippen MR) is 63.6 cm³/mol. The zero-order valence-corrected chi connectivity index (χ0v) is 9.14. The van der Waals surface area contributed by atoms with E-state index in [1.54, 1.807) is 0 Å². The Morgan fingerprint density at radius 2 is 2.07 bits per heavy atom. The maximum Gasteiger partial charge on any atom is 0.0603 e. The van der Waals surface area contributed by atoms with Crippen LogP contribution in [0.1, 0.15) is 31.7 Å². The molecule has 0 saturated carbocycles. The number of para-hydroxylation sites is 1. The molecule has 1 rings (SSSR count). The second-order valence-electron chi connectivity index (χ2n) is 3.67. The largest absolute Gasteiger partial charge is 0.397 e. The molecule has 0 heterocycles. The second kappa shape index (κ2) is 5.53. The third-order valence-corrected chi connectivity index (χ3v) is 2.39. The SMILES string of the molecule is CCCCCNc1c(C)cccc1N. The molecule has 0 spiro atoms. The topological polar surface area (TPSA) is 38.0 Å². The molecule has 2 heteroatoms. The minimum absolute atomic E-state index is 0.849. The highest BCUT2D eigenvalue weighted by atomic mass is 14.9. The van der Waals surface area contributed by atoms with Crippen LogP contribution in [0.3, 0.4) is 0 Å². The first-order chi connectivity index (χ1) is 6.75. The standard InChI is InChI=1S/C12H20N2/c1-3-4-5-9-14-12-10(2)7-6-8-11(12)13/h6-8,14H,3-5,9,13H2,1-2H3. The molecule has 3 N–H and O–H groups in total. The molecule has 0 aliphatic carbocycles. The van der Waals surface area contributed by atoms with Crippen LogP contribution in [0.25, 0.3) is 0 Å². The van der Waals surface area contributed by atoms with Gasteiger partial charge in [-0.05, 0) is 25.0 Å². The summed E-state index contributed by atoms with van der Waals surface area (Å²) in [5.41, 5.74) is 9.05. The molecule has 0 aliphatic rings. The van der Waals surface area contributed by atoms with Crippen LogP contribution < -0.4 is 11.1 Å². The van der Waals surface area contributed by atoms with E-state index in [0.29, 0.717) is 0 Å². The van der Waals surface area contributed by atoms with Gasteiger partial charge in [-0.15, -0.1) is 0 Å². The van der Waals surface area contributed by atoms with Gasteiger partial charge in [0, 0.05) is 6.54 Å². The minimum Gasteiger partial charge on any atom is -0.397 e. The Hall–Kier alpha value is -1.18. The number of nitrogens with two attached hydrogens (primary N) is 1. The first-order valence-electron chi connectivity index (χ1n) is 5.34. The van der Waals surface area contributed by atoms with E-state index in [0.717, 1.165) is 17.9 Å². The summed E-state index contributed by atoms with van der Waals surface area (Å²) in [6.45, 7) is 5.31. The molecule has 78 valence electrons. The number of benzene rings is 1. The molecule has 0 atom stereocenters. The summed E-state index contributed by atoms with van der Waals surface area (Å²) in [6, 6.07) is 6.01. The molecule has 0 fully saturated rings. The van der Waals surface area contributed by atoms with E-state index >= 15 is 0 Å². The number of anilines is 2. The molecule has 2 nitrogen and oxygen atoms in total. The van der Waals surface area contributed by atoms with Crippen LogP contribution in [-0.2, 0) is 0 Å². The Kier molecular flexibility index (Phi) is 4.30. The predicted octanol–water partition coefficient (Wildman–Crippen LogP) is 3.18. The lowest BCUT2D eigenvalue weighted by atomic mass is 10.1. The van der Waals surface area contributed by atoms with Gasteiger partial charge >= 0.3 is 0 Å². The van der Waals surface area contributed by atoms with Crippen molar-refractivity contribution >= 4 is 11.4 Å². The molecule has 1 aromatic carbocycles. The second-order valence-corrected chi connectivity index (χ2v) is 3.67. The van der Waals surface area contributed by atoms with Crippen molar-refractivity contribution in [3.05, 3.63) is 23.8 Å². The van der Waals surface area contributed by atoms with Crippen molar-refractivity contribution in [1.82, 2.24) is 0 Å². The van der Waals surface area contributed by atoms with Crippen LogP contribution in [-0.4, -0.2) is 6.54 Å². The van der Waals surface area contributed by atoms with E-state index < -0.39 is 0 Å². The van der Waals surface area contributed by atoms with E-state index in [-0.39, 0.29) is 0 Å². The lowest BCUT2D eigenvalue weighted by Crippen LogP contribution is -2.05. The van der Waals surface area contributed by atoms with Gasteiger partial charge in [0.15, 0.2) is 0 Å². The van der Waals surface area contributed by atoms with Gasteiger partial charge in [-0.3, -0.25) is 0 Å². The van der Waals surface area contributed by atoms with E-state index in [4.69, 9.17) is 5.73 Å². The van der Waals surface area contributed by atoms with E-state index in [2.05, 4.69) is 25.2 Å². The highest BCUT2D eigenvalue weighted by Crippen LogP contribution is 2.22. The number of nitrogens with one attached hydrogen (secondary N) is 1. The van der Waals surface area contributed by atoms with Gasteiger partial charge in [0.05, 0.1) is 11.4 Å². The molecular formula is C12H20N2. The average molecular weight is 192 g/mol. The Balaban J connectivity index is 2.49. The van der Waals surface area contributed by atoms with Gasteiger partial charge < -0.3 is 11.1 Å². The van der Waals surface area contributed by atoms with E-state index in [1.807, 2.05) is 12.1 Å². The monoisotopic (exact) mass is 192 g/mol. The van der Waals surface area contributed by atoms with E-state index in [1.165, 1.54) is 24.8 Å². The van der Waals surface area contributed by atoms with Crippen molar-refractivity contribution in [3.63, 3.8) is 0 Å². The number of rotatable bonds is 5. The van der Waals surface area contributed by atoms with Crippen molar-refractivity contribution in [2.45, 2.75) is 33.1 Å². The normalized spacial score (nSPS) is 10.1. The Bertz CT molecular complexity index is 261. The molecule has 14 heavy (non-hydrogen) atoms. The summed E-state index contributed by atoms with van der Waals surface area (Å²) < 4.78 is 0. The van der Waals surface area contributed by atoms with Crippen LogP contribution in [0.4, 0.5) is 11.4 Å². The third kappa shape index (κ3) is 2.95. The van der Waals surface area contributed by atoms with Crippen LogP contribution in [0.15, 0.2) is 18.2 Å². The summed E-state index contributed by atoms with van der Waals surface area (Å²) in [7, 11) is 0. The van der Waals surface area contributed by atoms with Gasteiger partial charge in [0.1, 0.15) is 0 Å². The molecule has 1 aromatic rings. The summed E-state index contributed by atoms with van der Waals surface area (Å²) >= 11 is 0. The summed E-state index contributed by atoms with van der Waals surface area (Å²) in [6.07, 6.45) is 3.74. The fourth-order valence-electron chi connectivity index (χ4n) is 1.52. The van der Waals surface area contributed by atoms with Crippen molar-refractivity contribution in [2.75, 3.05) is 17.6 Å². The average Bonchev–Trinajstić information content (AvgIpc) is 2.16. The molecule has 0 aliphatic heterocycles. The number of hydrogen-bond acceptors (Lipinski definition) is 2. The zero-order chi connectivity index (χ0) is 10.4. The van der Waals surface area contributed by atoms with Crippen molar-refractivity contribution in [3.8, 4) is 0 Å². The van der Waals surface area contributed by atoms with Gasteiger partial charge in [-0.2, -0.15) is 0 Å². The third-order valence-electron chi connectivity index (χ3n) is 2.39. The molecular weight excluding hydrogens is 172 g/mol. The highest BCUT2D eigenvalue weighted by molar-refractivity contribution is 5.69. The maximum absolute atomic E-state index is 5.87. The lowest BCUT2D eigenvalue weighted by molar-refractivity contribution is 0.743. The first kappa shape index (κ1) is 10.9. The highest BCUT2D eigenvalue weighted by Gasteiger charge is 2.00. The Labute approximate surface area is 86.5 Å². The minimum atomic E-state index is 0.849. The van der Waals surface area contributed by atoms with Crippen LogP contribution >= 0.6 is 0 Å². The summed E-state index contributed by atoms with van der Waals surface area (Å²) in [5, 5.41) is 3.39. The quantitative estimate of drug-likeness (QED) is 0.555. The molecule has 0 saturated heterocycles. The Morgan fingerprint density at radius 3 is 2.71 bits per heavy atom. The molecule has 0 unspecified atom stereocenters. The van der Waals surface area contributed by atoms with Crippen LogP contribution in [0.5, 0.6) is 0 Å². The van der Waals surface area contributed by atoms with Gasteiger partial charge in [0.25, 0.3) is 0 Å². The lowest BCUT2D eigenvalue weighted by Gasteiger charge is -2.11. The first-order valence-corrected chi connectivity index (χ1v) is 5.34. The maximum atomic E-state index is 5.87. The molecule has 0 bridgehead atoms. The molecule has 0 aromatic heterocycles. The number of aryl methyl sites for hydroxylation is 1. The number of unbranched alkanes of at least 4 members (excludes halogenated alkanes) is 2. The van der Waals surface area contributed by atoms with Gasteiger partial charge in [-0.1, -0.05) is 31.9 Å². The summed E-state index contributed by atoms with van der Waals surface area (Å²) in [4.78, 5) is 0. The zero-order valence-electron chi connectivity index (χ0n) is 9.14. The van der Waals surface area contributed by atoms with Crippen molar-refractivity contribution in [1.29, 1.82) is 0 Å². The molecule has 0 radical (unpaired) electrons. The Morgan fingerprint density at radius 1 is 1.29 bits per heavy atom. The number of nitrogen functional groups attached to an aromatic ring is 1. The van der Waals surface area contributed by atoms with Crippen LogP contribution in [0, 0.1) is 6.92 Å². The van der Waals surface area contributed by atoms with Gasteiger partial charge in [0.2, 0.25) is 0 Å². The van der Waals surface area contributed by atoms with E-state index in [9.17, 15) is 0 Å². The summed E-state index contributed by atoms with van der Waals surface area (Å²) in [5.74, 6) is 0. The van der Waals surface area contributed by atoms with Crippen molar-refractivity contribution < 1.29 is 0 Å². The fourth-order valence-corrected chi connectivity index (χ4v) is 1.52. The smallest absolute Gasteiger partial charge is 0.0603 e. The molecule has 0 amide bonds. The number of hydrogen-bond donors (Lipinski definition) is 2. The van der Waals surface area contributed by atoms with Gasteiger partial charge in [-0.25, -0.2) is 0 Å². The van der Waals surface area contributed by atoms with Crippen molar-refractivity contribution in [2.24, 2.45) is 0 Å².